The van der Waals surface area contributed by atoms with Gasteiger partial charge in [-0.2, -0.15) is 0 Å². The number of piperidine rings is 1. The van der Waals surface area contributed by atoms with Crippen LogP contribution >= 0.6 is 0 Å². The highest BCUT2D eigenvalue weighted by Crippen LogP contribution is 2.58. The molecule has 0 unspecified atom stereocenters. The van der Waals surface area contributed by atoms with Crippen LogP contribution in [-0.4, -0.2) is 23.5 Å². The van der Waals surface area contributed by atoms with Crippen molar-refractivity contribution < 1.29 is 0 Å². The lowest BCUT2D eigenvalue weighted by atomic mass is 9.53. The summed E-state index contributed by atoms with van der Waals surface area (Å²) >= 11 is 0. The summed E-state index contributed by atoms with van der Waals surface area (Å²) in [5.74, 6) is 2.60. The first-order valence-electron chi connectivity index (χ1n) is 7.87. The second-order valence-electron chi connectivity index (χ2n) is 7.10. The lowest BCUT2D eigenvalue weighted by molar-refractivity contribution is -0.0790. The second kappa shape index (κ2) is 4.05. The largest absolute Gasteiger partial charge is 0.296 e. The summed E-state index contributed by atoms with van der Waals surface area (Å²) in [4.78, 5) is 7.39. The number of aromatic nitrogens is 1. The molecule has 0 amide bonds. The van der Waals surface area contributed by atoms with Crippen LogP contribution in [0.5, 0.6) is 0 Å². The van der Waals surface area contributed by atoms with Crippen LogP contribution < -0.4 is 0 Å². The van der Waals surface area contributed by atoms with Crippen molar-refractivity contribution >= 4 is 0 Å². The van der Waals surface area contributed by atoms with E-state index in [1.807, 2.05) is 6.20 Å². The summed E-state index contributed by atoms with van der Waals surface area (Å²) in [5, 5.41) is 0. The number of hydrogen-bond donors (Lipinski definition) is 0. The molecule has 102 valence electrons. The molecule has 4 rings (SSSR count). The Balaban J connectivity index is 1.93. The van der Waals surface area contributed by atoms with E-state index in [0.29, 0.717) is 5.54 Å². The molecule has 1 saturated carbocycles. The fourth-order valence-electron chi connectivity index (χ4n) is 5.48. The zero-order valence-electron chi connectivity index (χ0n) is 12.1. The minimum absolute atomic E-state index is 0.308. The number of rotatable bonds is 0. The Morgan fingerprint density at radius 3 is 3.21 bits per heavy atom. The van der Waals surface area contributed by atoms with Gasteiger partial charge in [-0.1, -0.05) is 13.0 Å². The van der Waals surface area contributed by atoms with Gasteiger partial charge >= 0.3 is 0 Å². The summed E-state index contributed by atoms with van der Waals surface area (Å²) in [7, 11) is 2.35. The smallest absolute Gasteiger partial charge is 0.0509 e. The zero-order chi connectivity index (χ0) is 13.0. The maximum Gasteiger partial charge on any atom is 0.0509 e. The molecule has 2 nitrogen and oxygen atoms in total. The molecule has 1 aliphatic heterocycles. The van der Waals surface area contributed by atoms with Crippen molar-refractivity contribution in [3.05, 3.63) is 29.6 Å². The normalized spacial score (nSPS) is 41.5. The molecule has 2 heterocycles. The van der Waals surface area contributed by atoms with Crippen LogP contribution in [-0.2, 0) is 12.0 Å². The van der Waals surface area contributed by atoms with E-state index >= 15 is 0 Å². The van der Waals surface area contributed by atoms with Gasteiger partial charge < -0.3 is 0 Å². The van der Waals surface area contributed by atoms with Gasteiger partial charge in [0.2, 0.25) is 0 Å². The predicted molar refractivity (Wildman–Crippen MR) is 76.9 cm³/mol. The van der Waals surface area contributed by atoms with Crippen molar-refractivity contribution in [1.82, 2.24) is 9.88 Å². The van der Waals surface area contributed by atoms with E-state index in [2.05, 4.69) is 31.0 Å². The Morgan fingerprint density at radius 2 is 2.32 bits per heavy atom. The number of hydrogen-bond acceptors (Lipinski definition) is 2. The average Bonchev–Trinajstić information content (AvgIpc) is 2.39. The van der Waals surface area contributed by atoms with Crippen molar-refractivity contribution in [1.29, 1.82) is 0 Å². The van der Waals surface area contributed by atoms with Gasteiger partial charge in [0, 0.05) is 11.9 Å². The Hall–Kier alpha value is -0.890. The van der Waals surface area contributed by atoms with E-state index in [4.69, 9.17) is 4.98 Å². The molecular weight excluding hydrogens is 232 g/mol. The SMILES string of the molecule is C[C@H]1C[C@H]2Cc3ncccc3[C@@]3(C1)[C@H]2CCCN3C. The highest BCUT2D eigenvalue weighted by molar-refractivity contribution is 5.35. The van der Waals surface area contributed by atoms with Crippen molar-refractivity contribution in [2.75, 3.05) is 13.6 Å². The van der Waals surface area contributed by atoms with Crippen molar-refractivity contribution in [3.63, 3.8) is 0 Å². The van der Waals surface area contributed by atoms with Crippen LogP contribution in [0.2, 0.25) is 0 Å². The molecule has 2 aliphatic carbocycles. The Bertz CT molecular complexity index is 498. The lowest BCUT2D eigenvalue weighted by Gasteiger charge is -2.60. The second-order valence-corrected chi connectivity index (χ2v) is 7.10. The maximum absolute atomic E-state index is 4.72. The van der Waals surface area contributed by atoms with E-state index in [0.717, 1.165) is 17.8 Å². The standard InChI is InChI=1S/C17H24N2/c1-12-9-13-10-16-15(5-3-7-18-16)17(11-12)14(13)6-4-8-19(17)2/h3,5,7,12-14H,4,6,8-11H2,1-2H3/t12-,13-,14-,17+/m0/s1. The molecule has 19 heavy (non-hydrogen) atoms. The van der Waals surface area contributed by atoms with Gasteiger partial charge in [0.15, 0.2) is 0 Å². The van der Waals surface area contributed by atoms with Crippen molar-refractivity contribution in [3.8, 4) is 0 Å². The van der Waals surface area contributed by atoms with Gasteiger partial charge in [0.25, 0.3) is 0 Å². The van der Waals surface area contributed by atoms with Crippen LogP contribution in [0, 0.1) is 17.8 Å². The molecule has 4 atom stereocenters. The number of fused-ring (bicyclic) bond motifs is 1. The fourth-order valence-corrected chi connectivity index (χ4v) is 5.48. The third-order valence-corrected chi connectivity index (χ3v) is 6.05. The molecule has 0 radical (unpaired) electrons. The van der Waals surface area contributed by atoms with E-state index < -0.39 is 0 Å². The minimum atomic E-state index is 0.308. The van der Waals surface area contributed by atoms with Gasteiger partial charge in [-0.25, -0.2) is 0 Å². The first-order valence-corrected chi connectivity index (χ1v) is 7.87. The molecule has 3 aliphatic rings. The molecule has 0 aromatic carbocycles. The van der Waals surface area contributed by atoms with E-state index in [1.54, 1.807) is 5.56 Å². The quantitative estimate of drug-likeness (QED) is 0.708. The third-order valence-electron chi connectivity index (χ3n) is 6.05. The summed E-state index contributed by atoms with van der Waals surface area (Å²) < 4.78 is 0. The molecule has 0 N–H and O–H groups in total. The molecule has 2 fully saturated rings. The van der Waals surface area contributed by atoms with Crippen LogP contribution in [0.1, 0.15) is 43.9 Å². The zero-order valence-corrected chi connectivity index (χ0v) is 12.1. The van der Waals surface area contributed by atoms with Crippen molar-refractivity contribution in [2.45, 2.75) is 44.6 Å². The highest BCUT2D eigenvalue weighted by atomic mass is 15.2. The van der Waals surface area contributed by atoms with Crippen LogP contribution in [0.4, 0.5) is 0 Å². The average molecular weight is 256 g/mol. The summed E-state index contributed by atoms with van der Waals surface area (Å²) in [6, 6.07) is 4.51. The van der Waals surface area contributed by atoms with Crippen LogP contribution in [0.15, 0.2) is 18.3 Å². The van der Waals surface area contributed by atoms with Gasteiger partial charge in [0.05, 0.1) is 5.54 Å². The van der Waals surface area contributed by atoms with Gasteiger partial charge in [-0.15, -0.1) is 0 Å². The lowest BCUT2D eigenvalue weighted by Crippen LogP contribution is -2.60. The van der Waals surface area contributed by atoms with E-state index in [9.17, 15) is 0 Å². The summed E-state index contributed by atoms with van der Waals surface area (Å²) in [6.45, 7) is 3.71. The molecule has 1 aromatic rings. The molecule has 1 saturated heterocycles. The number of likely N-dealkylation sites (tertiary alicyclic amines) is 1. The summed E-state index contributed by atoms with van der Waals surface area (Å²) in [5.41, 5.74) is 3.26. The topological polar surface area (TPSA) is 16.1 Å². The van der Waals surface area contributed by atoms with E-state index in [1.165, 1.54) is 44.3 Å². The third kappa shape index (κ3) is 1.50. The van der Waals surface area contributed by atoms with Crippen LogP contribution in [0.25, 0.3) is 0 Å². The molecular formula is C17H24N2. The molecule has 2 heteroatoms. The Morgan fingerprint density at radius 1 is 1.42 bits per heavy atom. The first kappa shape index (κ1) is 11.9. The molecule has 2 bridgehead atoms. The minimum Gasteiger partial charge on any atom is -0.296 e. The van der Waals surface area contributed by atoms with E-state index in [-0.39, 0.29) is 0 Å². The first-order chi connectivity index (χ1) is 9.22. The number of pyridine rings is 1. The van der Waals surface area contributed by atoms with Crippen LogP contribution in [0.3, 0.4) is 0 Å². The molecule has 0 spiro atoms. The van der Waals surface area contributed by atoms with Gasteiger partial charge in [0.1, 0.15) is 0 Å². The van der Waals surface area contributed by atoms with Crippen molar-refractivity contribution in [2.24, 2.45) is 17.8 Å². The Labute approximate surface area is 116 Å². The molecule has 1 aromatic heterocycles. The van der Waals surface area contributed by atoms with Gasteiger partial charge in [-0.05, 0) is 75.1 Å². The number of nitrogens with zero attached hydrogens (tertiary/aromatic N) is 2. The predicted octanol–water partition coefficient (Wildman–Crippen LogP) is 3.22. The Kier molecular flexibility index (Phi) is 2.54. The van der Waals surface area contributed by atoms with Gasteiger partial charge in [-0.3, -0.25) is 9.88 Å². The monoisotopic (exact) mass is 256 g/mol. The maximum atomic E-state index is 4.72. The fraction of sp³-hybridized carbons (Fsp3) is 0.706. The highest BCUT2D eigenvalue weighted by Gasteiger charge is 2.55. The summed E-state index contributed by atoms with van der Waals surface area (Å²) in [6.07, 6.45) is 8.76.